The van der Waals surface area contributed by atoms with Crippen LogP contribution in [-0.2, 0) is 14.6 Å². The molecule has 0 bridgehead atoms. The van der Waals surface area contributed by atoms with Crippen LogP contribution in [-0.4, -0.2) is 56.3 Å². The van der Waals surface area contributed by atoms with Crippen LogP contribution in [0.3, 0.4) is 0 Å². The predicted octanol–water partition coefficient (Wildman–Crippen LogP) is -0.206. The SMILES string of the molecule is CC(=O)CCNC(=O)N(C)C1CCS(=O)(=O)C1. The molecule has 0 aromatic carbocycles. The van der Waals surface area contributed by atoms with Gasteiger partial charge in [-0.3, -0.25) is 4.79 Å². The van der Waals surface area contributed by atoms with Crippen LogP contribution in [0.2, 0.25) is 0 Å². The maximum absolute atomic E-state index is 11.6. The fourth-order valence-electron chi connectivity index (χ4n) is 1.72. The fourth-order valence-corrected chi connectivity index (χ4v) is 3.49. The van der Waals surface area contributed by atoms with Gasteiger partial charge in [0, 0.05) is 26.1 Å². The molecule has 0 aliphatic carbocycles. The van der Waals surface area contributed by atoms with E-state index >= 15 is 0 Å². The molecular formula is C10H18N2O4S. The van der Waals surface area contributed by atoms with Crippen LogP contribution in [0.15, 0.2) is 0 Å². The molecule has 1 N–H and O–H groups in total. The molecule has 6 nitrogen and oxygen atoms in total. The van der Waals surface area contributed by atoms with E-state index in [4.69, 9.17) is 0 Å². The Morgan fingerprint density at radius 3 is 2.53 bits per heavy atom. The van der Waals surface area contributed by atoms with Crippen LogP contribution in [0.4, 0.5) is 4.79 Å². The summed E-state index contributed by atoms with van der Waals surface area (Å²) in [6, 6.07) is -0.578. The van der Waals surface area contributed by atoms with E-state index in [1.165, 1.54) is 11.8 Å². The van der Waals surface area contributed by atoms with E-state index < -0.39 is 9.84 Å². The van der Waals surface area contributed by atoms with E-state index in [0.29, 0.717) is 12.8 Å². The Labute approximate surface area is 101 Å². The Hall–Kier alpha value is -1.11. The van der Waals surface area contributed by atoms with Gasteiger partial charge >= 0.3 is 6.03 Å². The van der Waals surface area contributed by atoms with Crippen molar-refractivity contribution in [3.8, 4) is 0 Å². The van der Waals surface area contributed by atoms with E-state index in [0.717, 1.165) is 0 Å². The zero-order valence-corrected chi connectivity index (χ0v) is 10.9. The minimum absolute atomic E-state index is 0.0106. The van der Waals surface area contributed by atoms with E-state index in [1.807, 2.05) is 0 Å². The summed E-state index contributed by atoms with van der Waals surface area (Å²) in [5.41, 5.74) is 0. The Kier molecular flexibility index (Phi) is 4.50. The van der Waals surface area contributed by atoms with Crippen molar-refractivity contribution in [2.75, 3.05) is 25.1 Å². The van der Waals surface area contributed by atoms with Crippen molar-refractivity contribution in [3.63, 3.8) is 0 Å². The number of nitrogens with zero attached hydrogens (tertiary/aromatic N) is 1. The summed E-state index contributed by atoms with van der Waals surface area (Å²) in [5, 5.41) is 2.59. The Morgan fingerprint density at radius 2 is 2.06 bits per heavy atom. The largest absolute Gasteiger partial charge is 0.338 e. The number of sulfone groups is 1. The van der Waals surface area contributed by atoms with Gasteiger partial charge in [-0.05, 0) is 13.3 Å². The highest BCUT2D eigenvalue weighted by molar-refractivity contribution is 7.91. The lowest BCUT2D eigenvalue weighted by atomic mass is 10.2. The van der Waals surface area contributed by atoms with Crippen molar-refractivity contribution in [3.05, 3.63) is 0 Å². The van der Waals surface area contributed by atoms with Crippen molar-refractivity contribution in [1.82, 2.24) is 10.2 Å². The normalized spacial score (nSPS) is 22.1. The Balaban J connectivity index is 2.40. The number of carbonyl (C=O) groups excluding carboxylic acids is 2. The molecule has 1 fully saturated rings. The lowest BCUT2D eigenvalue weighted by molar-refractivity contribution is -0.116. The van der Waals surface area contributed by atoms with Gasteiger partial charge in [0.25, 0.3) is 0 Å². The van der Waals surface area contributed by atoms with Crippen molar-refractivity contribution in [2.45, 2.75) is 25.8 Å². The topological polar surface area (TPSA) is 83.6 Å². The van der Waals surface area contributed by atoms with Crippen LogP contribution in [0.1, 0.15) is 19.8 Å². The lowest BCUT2D eigenvalue weighted by Gasteiger charge is -2.23. The van der Waals surface area contributed by atoms with E-state index in [2.05, 4.69) is 5.32 Å². The van der Waals surface area contributed by atoms with Crippen molar-refractivity contribution < 1.29 is 18.0 Å². The van der Waals surface area contributed by atoms with E-state index in [9.17, 15) is 18.0 Å². The fraction of sp³-hybridized carbons (Fsp3) is 0.800. The third-order valence-corrected chi connectivity index (χ3v) is 4.58. The highest BCUT2D eigenvalue weighted by Gasteiger charge is 2.32. The first-order chi connectivity index (χ1) is 7.82. The molecule has 0 aromatic heterocycles. The average Bonchev–Trinajstić information content (AvgIpc) is 2.57. The summed E-state index contributed by atoms with van der Waals surface area (Å²) in [4.78, 5) is 23.7. The zero-order valence-electron chi connectivity index (χ0n) is 10.1. The molecular weight excluding hydrogens is 244 g/mol. The summed E-state index contributed by atoms with van der Waals surface area (Å²) >= 11 is 0. The molecule has 1 aliphatic heterocycles. The highest BCUT2D eigenvalue weighted by Crippen LogP contribution is 2.16. The van der Waals surface area contributed by atoms with Crippen LogP contribution in [0.5, 0.6) is 0 Å². The number of Topliss-reactive ketones (excluding diaryl/α,β-unsaturated/α-hetero) is 1. The molecule has 2 amide bonds. The molecule has 1 atom stereocenters. The van der Waals surface area contributed by atoms with Gasteiger partial charge in [0.1, 0.15) is 5.78 Å². The van der Waals surface area contributed by atoms with Crippen LogP contribution < -0.4 is 5.32 Å². The quantitative estimate of drug-likeness (QED) is 0.760. The molecule has 0 radical (unpaired) electrons. The lowest BCUT2D eigenvalue weighted by Crippen LogP contribution is -2.44. The number of urea groups is 1. The van der Waals surface area contributed by atoms with Gasteiger partial charge in [0.05, 0.1) is 11.5 Å². The van der Waals surface area contributed by atoms with Crippen LogP contribution in [0.25, 0.3) is 0 Å². The first-order valence-electron chi connectivity index (χ1n) is 5.52. The summed E-state index contributed by atoms with van der Waals surface area (Å²) in [5.74, 6) is 0.184. The molecule has 7 heteroatoms. The first kappa shape index (κ1) is 14.0. The molecule has 98 valence electrons. The van der Waals surface area contributed by atoms with E-state index in [-0.39, 0.29) is 35.9 Å². The third-order valence-electron chi connectivity index (χ3n) is 2.83. The number of rotatable bonds is 4. The van der Waals surface area contributed by atoms with Crippen LogP contribution >= 0.6 is 0 Å². The minimum Gasteiger partial charge on any atom is -0.338 e. The van der Waals surface area contributed by atoms with E-state index in [1.54, 1.807) is 7.05 Å². The van der Waals surface area contributed by atoms with Gasteiger partial charge in [0.15, 0.2) is 9.84 Å². The maximum atomic E-state index is 11.6. The third kappa shape index (κ3) is 4.33. The maximum Gasteiger partial charge on any atom is 0.317 e. The van der Waals surface area contributed by atoms with Crippen LogP contribution in [0, 0.1) is 0 Å². The smallest absolute Gasteiger partial charge is 0.317 e. The second-order valence-corrected chi connectivity index (χ2v) is 6.58. The van der Waals surface area contributed by atoms with Gasteiger partial charge in [-0.25, -0.2) is 13.2 Å². The second kappa shape index (κ2) is 5.48. The number of amides is 2. The zero-order chi connectivity index (χ0) is 13.1. The van der Waals surface area contributed by atoms with Gasteiger partial charge in [-0.15, -0.1) is 0 Å². The number of ketones is 1. The highest BCUT2D eigenvalue weighted by atomic mass is 32.2. The van der Waals surface area contributed by atoms with Gasteiger partial charge in [-0.2, -0.15) is 0 Å². The summed E-state index contributed by atoms with van der Waals surface area (Å²) in [7, 11) is -1.41. The summed E-state index contributed by atoms with van der Waals surface area (Å²) in [6.07, 6.45) is 0.779. The summed E-state index contributed by atoms with van der Waals surface area (Å²) in [6.45, 7) is 1.75. The Bertz CT molecular complexity index is 405. The molecule has 1 saturated heterocycles. The molecule has 17 heavy (non-hydrogen) atoms. The molecule has 1 aliphatic rings. The molecule has 1 rings (SSSR count). The predicted molar refractivity (Wildman–Crippen MR) is 63.5 cm³/mol. The average molecular weight is 262 g/mol. The van der Waals surface area contributed by atoms with Crippen molar-refractivity contribution >= 4 is 21.7 Å². The number of hydrogen-bond donors (Lipinski definition) is 1. The first-order valence-corrected chi connectivity index (χ1v) is 7.34. The van der Waals surface area contributed by atoms with Gasteiger partial charge in [0.2, 0.25) is 0 Å². The second-order valence-electron chi connectivity index (χ2n) is 4.35. The number of nitrogens with one attached hydrogen (secondary N) is 1. The monoisotopic (exact) mass is 262 g/mol. The number of carbonyl (C=O) groups is 2. The molecule has 0 spiro atoms. The molecule has 0 saturated carbocycles. The molecule has 1 heterocycles. The van der Waals surface area contributed by atoms with Gasteiger partial charge < -0.3 is 10.2 Å². The standard InChI is InChI=1S/C10H18N2O4S/c1-8(13)3-5-11-10(14)12(2)9-4-6-17(15,16)7-9/h9H,3-7H2,1-2H3,(H,11,14). The van der Waals surface area contributed by atoms with Crippen molar-refractivity contribution in [2.24, 2.45) is 0 Å². The number of hydrogen-bond acceptors (Lipinski definition) is 4. The Morgan fingerprint density at radius 1 is 1.41 bits per heavy atom. The summed E-state index contributed by atoms with van der Waals surface area (Å²) < 4.78 is 22.5. The molecule has 0 aromatic rings. The molecule has 1 unspecified atom stereocenters. The van der Waals surface area contributed by atoms with Gasteiger partial charge in [-0.1, -0.05) is 0 Å². The van der Waals surface area contributed by atoms with Crippen molar-refractivity contribution in [1.29, 1.82) is 0 Å². The minimum atomic E-state index is -2.98.